The summed E-state index contributed by atoms with van der Waals surface area (Å²) in [7, 11) is 0. The molecule has 1 fully saturated rings. The molecule has 1 atom stereocenters. The summed E-state index contributed by atoms with van der Waals surface area (Å²) in [6.45, 7) is 0. The molecule has 0 radical (unpaired) electrons. The van der Waals surface area contributed by atoms with Crippen LogP contribution in [0.15, 0.2) is 24.3 Å². The van der Waals surface area contributed by atoms with Crippen molar-refractivity contribution >= 4 is 5.78 Å². The zero-order valence-corrected chi connectivity index (χ0v) is 9.96. The lowest BCUT2D eigenvalue weighted by atomic mass is 9.90. The monoisotopic (exact) mass is 256 g/mol. The molecule has 1 saturated carbocycles. The summed E-state index contributed by atoms with van der Waals surface area (Å²) in [5.41, 5.74) is -0.159. The van der Waals surface area contributed by atoms with Crippen LogP contribution in [0.5, 0.6) is 0 Å². The van der Waals surface area contributed by atoms with Crippen LogP contribution in [0.4, 0.5) is 13.2 Å². The molecule has 4 heteroatoms. The number of halogens is 3. The minimum absolute atomic E-state index is 0.0758. The van der Waals surface area contributed by atoms with Crippen LogP contribution in [0.3, 0.4) is 0 Å². The Labute approximate surface area is 104 Å². The third-order valence-corrected chi connectivity index (χ3v) is 3.42. The number of ketones is 1. The van der Waals surface area contributed by atoms with Gasteiger partial charge in [0.25, 0.3) is 0 Å². The van der Waals surface area contributed by atoms with Gasteiger partial charge in [0, 0.05) is 12.3 Å². The van der Waals surface area contributed by atoms with Gasteiger partial charge in [0.1, 0.15) is 5.78 Å². The number of hydrogen-bond donors (Lipinski definition) is 0. The molecule has 0 aliphatic heterocycles. The zero-order chi connectivity index (χ0) is 13.2. The van der Waals surface area contributed by atoms with E-state index >= 15 is 0 Å². The fourth-order valence-electron chi connectivity index (χ4n) is 2.44. The number of carbonyl (C=O) groups excluding carboxylic acids is 1. The number of benzene rings is 1. The van der Waals surface area contributed by atoms with E-state index in [9.17, 15) is 18.0 Å². The predicted octanol–water partition coefficient (Wildman–Crippen LogP) is 4.32. The molecule has 98 valence electrons. The minimum Gasteiger partial charge on any atom is -0.299 e. The molecular weight excluding hydrogens is 241 g/mol. The van der Waals surface area contributed by atoms with E-state index in [0.717, 1.165) is 31.4 Å². The topological polar surface area (TPSA) is 17.1 Å². The summed E-state index contributed by atoms with van der Waals surface area (Å²) in [5.74, 6) is -0.276. The first-order valence-corrected chi connectivity index (χ1v) is 6.18. The van der Waals surface area contributed by atoms with Gasteiger partial charge in [-0.1, -0.05) is 31.0 Å². The lowest BCUT2D eigenvalue weighted by Crippen LogP contribution is -2.12. The quantitative estimate of drug-likeness (QED) is 0.684. The molecule has 1 nitrogen and oxygen atoms in total. The van der Waals surface area contributed by atoms with Gasteiger partial charge in [0.05, 0.1) is 5.56 Å². The summed E-state index contributed by atoms with van der Waals surface area (Å²) < 4.78 is 37.9. The predicted molar refractivity (Wildman–Crippen MR) is 62.3 cm³/mol. The lowest BCUT2D eigenvalue weighted by Gasteiger charge is -2.15. The molecular formula is C14H15F3O. The molecule has 0 saturated heterocycles. The van der Waals surface area contributed by atoms with Crippen LogP contribution >= 0.6 is 0 Å². The van der Waals surface area contributed by atoms with E-state index in [-0.39, 0.29) is 11.7 Å². The van der Waals surface area contributed by atoms with E-state index in [0.29, 0.717) is 18.4 Å². The summed E-state index contributed by atoms with van der Waals surface area (Å²) in [4.78, 5) is 11.9. The summed E-state index contributed by atoms with van der Waals surface area (Å²) in [5, 5.41) is 0. The van der Waals surface area contributed by atoms with Gasteiger partial charge in [-0.3, -0.25) is 4.79 Å². The number of rotatable bonds is 1. The van der Waals surface area contributed by atoms with Crippen LogP contribution in [0, 0.1) is 0 Å². The largest absolute Gasteiger partial charge is 0.416 e. The van der Waals surface area contributed by atoms with Crippen LogP contribution in [0.25, 0.3) is 0 Å². The van der Waals surface area contributed by atoms with Crippen LogP contribution < -0.4 is 0 Å². The highest BCUT2D eigenvalue weighted by molar-refractivity contribution is 5.85. The fourth-order valence-corrected chi connectivity index (χ4v) is 2.44. The Morgan fingerprint density at radius 3 is 2.61 bits per heavy atom. The van der Waals surface area contributed by atoms with Gasteiger partial charge in [0.2, 0.25) is 0 Å². The van der Waals surface area contributed by atoms with E-state index in [4.69, 9.17) is 0 Å². The Balaban J connectivity index is 2.29. The van der Waals surface area contributed by atoms with Crippen molar-refractivity contribution in [2.75, 3.05) is 0 Å². The van der Waals surface area contributed by atoms with Crippen molar-refractivity contribution in [3.05, 3.63) is 35.4 Å². The Morgan fingerprint density at radius 1 is 1.11 bits per heavy atom. The molecule has 1 aromatic rings. The molecule has 0 N–H and O–H groups in total. The van der Waals surface area contributed by atoms with Gasteiger partial charge >= 0.3 is 6.18 Å². The lowest BCUT2D eigenvalue weighted by molar-refractivity contribution is -0.137. The molecule has 1 aliphatic carbocycles. The van der Waals surface area contributed by atoms with Crippen molar-refractivity contribution in [3.63, 3.8) is 0 Å². The molecule has 1 unspecified atom stereocenters. The third-order valence-electron chi connectivity index (χ3n) is 3.42. The molecule has 2 rings (SSSR count). The first-order chi connectivity index (χ1) is 8.48. The highest BCUT2D eigenvalue weighted by Crippen LogP contribution is 2.34. The molecule has 1 aromatic carbocycles. The van der Waals surface area contributed by atoms with E-state index in [1.165, 1.54) is 6.07 Å². The fraction of sp³-hybridized carbons (Fsp3) is 0.500. The Hall–Kier alpha value is -1.32. The maximum absolute atomic E-state index is 12.6. The van der Waals surface area contributed by atoms with Gasteiger partial charge in [-0.2, -0.15) is 13.2 Å². The SMILES string of the molecule is O=C1CCCCCC1c1cccc(C(F)(F)F)c1. The summed E-state index contributed by atoms with van der Waals surface area (Å²) in [6, 6.07) is 5.18. The highest BCUT2D eigenvalue weighted by Gasteiger charge is 2.31. The van der Waals surface area contributed by atoms with E-state index in [1.807, 2.05) is 0 Å². The van der Waals surface area contributed by atoms with Gasteiger partial charge in [0.15, 0.2) is 0 Å². The summed E-state index contributed by atoms with van der Waals surface area (Å²) >= 11 is 0. The van der Waals surface area contributed by atoms with E-state index in [1.54, 1.807) is 6.07 Å². The highest BCUT2D eigenvalue weighted by atomic mass is 19.4. The van der Waals surface area contributed by atoms with Crippen molar-refractivity contribution in [3.8, 4) is 0 Å². The van der Waals surface area contributed by atoms with Crippen LogP contribution in [-0.2, 0) is 11.0 Å². The van der Waals surface area contributed by atoms with Gasteiger partial charge < -0.3 is 0 Å². The van der Waals surface area contributed by atoms with Gasteiger partial charge in [-0.05, 0) is 24.5 Å². The number of hydrogen-bond acceptors (Lipinski definition) is 1. The Morgan fingerprint density at radius 2 is 1.89 bits per heavy atom. The minimum atomic E-state index is -4.34. The first-order valence-electron chi connectivity index (χ1n) is 6.18. The Bertz CT molecular complexity index is 437. The van der Waals surface area contributed by atoms with Crippen molar-refractivity contribution < 1.29 is 18.0 Å². The molecule has 0 aromatic heterocycles. The van der Waals surface area contributed by atoms with Crippen molar-refractivity contribution in [1.82, 2.24) is 0 Å². The van der Waals surface area contributed by atoms with Crippen LogP contribution in [-0.4, -0.2) is 5.78 Å². The Kier molecular flexibility index (Phi) is 3.73. The molecule has 0 spiro atoms. The zero-order valence-electron chi connectivity index (χ0n) is 9.96. The number of alkyl halides is 3. The van der Waals surface area contributed by atoms with E-state index in [2.05, 4.69) is 0 Å². The summed E-state index contributed by atoms with van der Waals surface area (Å²) in [6.07, 6.45) is -0.438. The average molecular weight is 256 g/mol. The molecule has 0 amide bonds. The van der Waals surface area contributed by atoms with Crippen molar-refractivity contribution in [1.29, 1.82) is 0 Å². The maximum atomic E-state index is 12.6. The van der Waals surface area contributed by atoms with Crippen molar-refractivity contribution in [2.24, 2.45) is 0 Å². The number of carbonyl (C=O) groups is 1. The second-order valence-corrected chi connectivity index (χ2v) is 4.74. The first kappa shape index (κ1) is 13.1. The smallest absolute Gasteiger partial charge is 0.299 e. The van der Waals surface area contributed by atoms with Crippen LogP contribution in [0.1, 0.15) is 49.1 Å². The standard InChI is InChI=1S/C14H15F3O/c15-14(16,17)11-6-4-5-10(9-11)12-7-2-1-3-8-13(12)18/h4-6,9,12H,1-3,7-8H2. The average Bonchev–Trinajstić information content (AvgIpc) is 2.53. The van der Waals surface area contributed by atoms with Crippen molar-refractivity contribution in [2.45, 2.75) is 44.2 Å². The maximum Gasteiger partial charge on any atom is 0.416 e. The van der Waals surface area contributed by atoms with Crippen LogP contribution in [0.2, 0.25) is 0 Å². The second kappa shape index (κ2) is 5.12. The second-order valence-electron chi connectivity index (χ2n) is 4.74. The molecule has 0 heterocycles. The molecule has 18 heavy (non-hydrogen) atoms. The van der Waals surface area contributed by atoms with E-state index < -0.39 is 11.7 Å². The number of Topliss-reactive ketones (excluding diaryl/α,β-unsaturated/α-hetero) is 1. The third kappa shape index (κ3) is 2.92. The molecule has 0 bridgehead atoms. The van der Waals surface area contributed by atoms with Gasteiger partial charge in [-0.15, -0.1) is 0 Å². The van der Waals surface area contributed by atoms with Gasteiger partial charge in [-0.25, -0.2) is 0 Å². The normalized spacial score (nSPS) is 21.7. The molecule has 1 aliphatic rings.